The van der Waals surface area contributed by atoms with E-state index in [2.05, 4.69) is 10.6 Å². The highest BCUT2D eigenvalue weighted by atomic mass is 16.5. The molecule has 0 saturated carbocycles. The number of hydrogen-bond acceptors (Lipinski definition) is 5. The molecule has 0 unspecified atom stereocenters. The lowest BCUT2D eigenvalue weighted by molar-refractivity contribution is -0.117. The molecule has 1 aliphatic rings. The van der Waals surface area contributed by atoms with Crippen molar-refractivity contribution in [3.63, 3.8) is 0 Å². The Hall–Kier alpha value is -2.05. The van der Waals surface area contributed by atoms with E-state index in [1.807, 2.05) is 24.3 Å². The number of fused-ring (bicyclic) bond motifs is 1. The molecule has 0 aromatic heterocycles. The standard InChI is InChI=1S/C16H22N2O4/c1-20-8-7-17-5-6-18-16(19)13-9-12-10-14(21-2)3-4-15(12)22-11-13/h3-4,9-10,17H,5-8,11H2,1-2H3,(H,18,19). The van der Waals surface area contributed by atoms with Crippen molar-refractivity contribution in [3.05, 3.63) is 29.3 Å². The van der Waals surface area contributed by atoms with Crippen LogP contribution in [0.15, 0.2) is 23.8 Å². The maximum atomic E-state index is 12.1. The Kier molecular flexibility index (Phi) is 6.24. The number of methoxy groups -OCH3 is 2. The van der Waals surface area contributed by atoms with E-state index in [4.69, 9.17) is 14.2 Å². The zero-order valence-corrected chi connectivity index (χ0v) is 13.0. The molecular weight excluding hydrogens is 284 g/mol. The molecule has 1 amide bonds. The first-order chi connectivity index (χ1) is 10.7. The number of carbonyl (C=O) groups is 1. The van der Waals surface area contributed by atoms with E-state index >= 15 is 0 Å². The second-order valence-corrected chi connectivity index (χ2v) is 4.86. The minimum atomic E-state index is -0.109. The average molecular weight is 306 g/mol. The fourth-order valence-corrected chi connectivity index (χ4v) is 2.09. The maximum Gasteiger partial charge on any atom is 0.250 e. The molecule has 6 heteroatoms. The third kappa shape index (κ3) is 4.47. The van der Waals surface area contributed by atoms with Crippen molar-refractivity contribution in [2.24, 2.45) is 0 Å². The van der Waals surface area contributed by atoms with E-state index in [-0.39, 0.29) is 12.5 Å². The molecule has 0 atom stereocenters. The molecule has 22 heavy (non-hydrogen) atoms. The van der Waals surface area contributed by atoms with Gasteiger partial charge in [-0.15, -0.1) is 0 Å². The Labute approximate surface area is 130 Å². The van der Waals surface area contributed by atoms with Crippen molar-refractivity contribution in [2.75, 3.05) is 47.1 Å². The minimum absolute atomic E-state index is 0.109. The van der Waals surface area contributed by atoms with E-state index < -0.39 is 0 Å². The summed E-state index contributed by atoms with van der Waals surface area (Å²) in [4.78, 5) is 12.1. The predicted molar refractivity (Wildman–Crippen MR) is 84.2 cm³/mol. The van der Waals surface area contributed by atoms with Gasteiger partial charge in [-0.2, -0.15) is 0 Å². The Bertz CT molecular complexity index is 543. The summed E-state index contributed by atoms with van der Waals surface area (Å²) in [7, 11) is 3.27. The molecule has 120 valence electrons. The first kappa shape index (κ1) is 16.3. The summed E-state index contributed by atoms with van der Waals surface area (Å²) in [5, 5.41) is 6.04. The molecule has 0 spiro atoms. The molecule has 2 N–H and O–H groups in total. The number of hydrogen-bond donors (Lipinski definition) is 2. The van der Waals surface area contributed by atoms with Crippen LogP contribution in [0.25, 0.3) is 6.08 Å². The van der Waals surface area contributed by atoms with Gasteiger partial charge in [0.2, 0.25) is 0 Å². The van der Waals surface area contributed by atoms with Gasteiger partial charge in [-0.3, -0.25) is 4.79 Å². The molecule has 2 rings (SSSR count). The van der Waals surface area contributed by atoms with Gasteiger partial charge in [-0.05, 0) is 24.3 Å². The predicted octanol–water partition coefficient (Wildman–Crippen LogP) is 0.823. The van der Waals surface area contributed by atoms with E-state index in [1.165, 1.54) is 0 Å². The number of nitrogens with one attached hydrogen (secondary N) is 2. The normalized spacial score (nSPS) is 12.9. The van der Waals surface area contributed by atoms with Crippen LogP contribution in [-0.2, 0) is 9.53 Å². The van der Waals surface area contributed by atoms with Crippen molar-refractivity contribution in [3.8, 4) is 11.5 Å². The molecule has 1 aliphatic heterocycles. The lowest BCUT2D eigenvalue weighted by Gasteiger charge is -2.18. The molecule has 1 heterocycles. The number of benzene rings is 1. The third-order valence-corrected chi connectivity index (χ3v) is 3.29. The maximum absolute atomic E-state index is 12.1. The Morgan fingerprint density at radius 2 is 2.14 bits per heavy atom. The molecule has 6 nitrogen and oxygen atoms in total. The minimum Gasteiger partial charge on any atom is -0.497 e. The van der Waals surface area contributed by atoms with Gasteiger partial charge in [0.05, 0.1) is 19.3 Å². The van der Waals surface area contributed by atoms with E-state index in [1.54, 1.807) is 14.2 Å². The third-order valence-electron chi connectivity index (χ3n) is 3.29. The summed E-state index contributed by atoms with van der Waals surface area (Å²) in [5.74, 6) is 1.39. The summed E-state index contributed by atoms with van der Waals surface area (Å²) in [6, 6.07) is 5.54. The van der Waals surface area contributed by atoms with Crippen molar-refractivity contribution in [2.45, 2.75) is 0 Å². The van der Waals surface area contributed by atoms with Crippen molar-refractivity contribution >= 4 is 12.0 Å². The zero-order valence-electron chi connectivity index (χ0n) is 13.0. The highest BCUT2D eigenvalue weighted by Gasteiger charge is 2.17. The smallest absolute Gasteiger partial charge is 0.250 e. The van der Waals surface area contributed by atoms with Crippen LogP contribution in [0.4, 0.5) is 0 Å². The summed E-state index contributed by atoms with van der Waals surface area (Å²) in [6.45, 7) is 2.97. The van der Waals surface area contributed by atoms with Crippen LogP contribution in [0.5, 0.6) is 11.5 Å². The van der Waals surface area contributed by atoms with Gasteiger partial charge in [-0.1, -0.05) is 0 Å². The first-order valence-corrected chi connectivity index (χ1v) is 7.24. The largest absolute Gasteiger partial charge is 0.497 e. The van der Waals surface area contributed by atoms with E-state index in [0.29, 0.717) is 25.3 Å². The molecule has 0 saturated heterocycles. The number of amides is 1. The summed E-state index contributed by atoms with van der Waals surface area (Å²) in [5.41, 5.74) is 1.46. The molecular formula is C16H22N2O4. The van der Waals surface area contributed by atoms with Gasteiger partial charge in [0.15, 0.2) is 0 Å². The lowest BCUT2D eigenvalue weighted by Crippen LogP contribution is -2.35. The van der Waals surface area contributed by atoms with Gasteiger partial charge in [-0.25, -0.2) is 0 Å². The topological polar surface area (TPSA) is 68.8 Å². The van der Waals surface area contributed by atoms with Crippen LogP contribution in [0.1, 0.15) is 5.56 Å². The van der Waals surface area contributed by atoms with Crippen LogP contribution in [0.3, 0.4) is 0 Å². The average Bonchev–Trinajstić information content (AvgIpc) is 2.56. The lowest BCUT2D eigenvalue weighted by atomic mass is 10.1. The van der Waals surface area contributed by atoms with Crippen molar-refractivity contribution in [1.82, 2.24) is 10.6 Å². The number of carbonyl (C=O) groups excluding carboxylic acids is 1. The highest BCUT2D eigenvalue weighted by molar-refractivity contribution is 5.99. The Morgan fingerprint density at radius 3 is 2.91 bits per heavy atom. The summed E-state index contributed by atoms with van der Waals surface area (Å²) >= 11 is 0. The van der Waals surface area contributed by atoms with E-state index in [9.17, 15) is 4.79 Å². The molecule has 1 aromatic rings. The fraction of sp³-hybridized carbons (Fsp3) is 0.438. The van der Waals surface area contributed by atoms with Gasteiger partial charge >= 0.3 is 0 Å². The zero-order chi connectivity index (χ0) is 15.8. The number of ether oxygens (including phenoxy) is 3. The van der Waals surface area contributed by atoms with Gasteiger partial charge in [0.25, 0.3) is 5.91 Å². The van der Waals surface area contributed by atoms with Gasteiger partial charge in [0.1, 0.15) is 18.1 Å². The SMILES string of the molecule is COCCNCCNC(=O)C1=Cc2cc(OC)ccc2OC1. The first-order valence-electron chi connectivity index (χ1n) is 7.24. The quantitative estimate of drug-likeness (QED) is 0.696. The van der Waals surface area contributed by atoms with Gasteiger partial charge < -0.3 is 24.8 Å². The van der Waals surface area contributed by atoms with Crippen LogP contribution in [0, 0.1) is 0 Å². The molecule has 0 aliphatic carbocycles. The van der Waals surface area contributed by atoms with E-state index in [0.717, 1.165) is 23.6 Å². The van der Waals surface area contributed by atoms with Crippen LogP contribution < -0.4 is 20.1 Å². The second-order valence-electron chi connectivity index (χ2n) is 4.86. The molecule has 0 fully saturated rings. The van der Waals surface area contributed by atoms with Crippen molar-refractivity contribution < 1.29 is 19.0 Å². The van der Waals surface area contributed by atoms with Crippen LogP contribution >= 0.6 is 0 Å². The van der Waals surface area contributed by atoms with Crippen molar-refractivity contribution in [1.29, 1.82) is 0 Å². The number of rotatable bonds is 8. The van der Waals surface area contributed by atoms with Crippen LogP contribution in [0.2, 0.25) is 0 Å². The Morgan fingerprint density at radius 1 is 1.27 bits per heavy atom. The second kappa shape index (κ2) is 8.41. The Balaban J connectivity index is 1.86. The summed E-state index contributed by atoms with van der Waals surface area (Å²) in [6.07, 6.45) is 1.84. The van der Waals surface area contributed by atoms with Gasteiger partial charge in [0, 0.05) is 32.3 Å². The van der Waals surface area contributed by atoms with Crippen LogP contribution in [-0.4, -0.2) is 53.0 Å². The molecule has 0 radical (unpaired) electrons. The monoisotopic (exact) mass is 306 g/mol. The molecule has 1 aromatic carbocycles. The summed E-state index contributed by atoms with van der Waals surface area (Å²) < 4.78 is 15.7. The fourth-order valence-electron chi connectivity index (χ4n) is 2.09. The highest BCUT2D eigenvalue weighted by Crippen LogP contribution is 2.29. The molecule has 0 bridgehead atoms.